The van der Waals surface area contributed by atoms with Gasteiger partial charge in [-0.15, -0.1) is 6.58 Å². The van der Waals surface area contributed by atoms with Gasteiger partial charge in [-0.05, 0) is 30.9 Å². The number of aliphatic hydroxyl groups is 1. The van der Waals surface area contributed by atoms with Crippen molar-refractivity contribution in [1.82, 2.24) is 0 Å². The maximum Gasteiger partial charge on any atom is 0.135 e. The summed E-state index contributed by atoms with van der Waals surface area (Å²) in [5.41, 5.74) is -0.842. The first kappa shape index (κ1) is 11.5. The van der Waals surface area contributed by atoms with Crippen molar-refractivity contribution in [3.05, 3.63) is 36.8 Å². The average molecular weight is 220 g/mol. The van der Waals surface area contributed by atoms with E-state index >= 15 is 0 Å². The van der Waals surface area contributed by atoms with E-state index in [2.05, 4.69) is 6.58 Å². The lowest BCUT2D eigenvalue weighted by atomic mass is 9.74. The van der Waals surface area contributed by atoms with Crippen LogP contribution in [0.25, 0.3) is 0 Å². The van der Waals surface area contributed by atoms with Gasteiger partial charge in [-0.25, -0.2) is 0 Å². The van der Waals surface area contributed by atoms with Gasteiger partial charge in [0, 0.05) is 6.42 Å². The van der Waals surface area contributed by atoms with Gasteiger partial charge in [-0.3, -0.25) is 0 Å². The second-order valence-electron chi connectivity index (χ2n) is 4.73. The minimum atomic E-state index is -0.842. The minimum Gasteiger partial charge on any atom is -0.466 e. The van der Waals surface area contributed by atoms with Crippen LogP contribution in [0.5, 0.6) is 0 Å². The Kier molecular flexibility index (Phi) is 3.49. The van der Waals surface area contributed by atoms with Crippen LogP contribution in [0.4, 0.5) is 0 Å². The van der Waals surface area contributed by atoms with Crippen LogP contribution in [0.15, 0.2) is 35.5 Å². The molecule has 0 aromatic carbocycles. The van der Waals surface area contributed by atoms with Gasteiger partial charge < -0.3 is 9.52 Å². The highest BCUT2D eigenvalue weighted by Crippen LogP contribution is 2.41. The third kappa shape index (κ3) is 2.07. The molecule has 0 saturated heterocycles. The molecule has 2 heteroatoms. The molecular weight excluding hydrogens is 200 g/mol. The molecule has 1 aliphatic carbocycles. The Labute approximate surface area is 97.0 Å². The fourth-order valence-corrected chi connectivity index (χ4v) is 2.79. The summed E-state index contributed by atoms with van der Waals surface area (Å²) in [5.74, 6) is 1.00. The Balaban J connectivity index is 2.23. The molecule has 0 amide bonds. The lowest BCUT2D eigenvalue weighted by Gasteiger charge is -2.36. The molecule has 1 unspecified atom stereocenters. The average Bonchev–Trinajstić information content (AvgIpc) is 2.84. The zero-order valence-electron chi connectivity index (χ0n) is 9.69. The third-order valence-corrected chi connectivity index (χ3v) is 3.68. The van der Waals surface area contributed by atoms with Crippen molar-refractivity contribution in [2.75, 3.05) is 0 Å². The van der Waals surface area contributed by atoms with E-state index in [9.17, 15) is 5.11 Å². The monoisotopic (exact) mass is 220 g/mol. The summed E-state index contributed by atoms with van der Waals surface area (Å²) in [7, 11) is 0. The topological polar surface area (TPSA) is 33.4 Å². The Morgan fingerprint density at radius 3 is 2.75 bits per heavy atom. The van der Waals surface area contributed by atoms with E-state index in [0.29, 0.717) is 18.1 Å². The molecule has 88 valence electrons. The van der Waals surface area contributed by atoms with E-state index in [1.165, 1.54) is 19.3 Å². The van der Waals surface area contributed by atoms with Gasteiger partial charge in [0.05, 0.1) is 6.26 Å². The van der Waals surface area contributed by atoms with Crippen molar-refractivity contribution < 1.29 is 9.52 Å². The summed E-state index contributed by atoms with van der Waals surface area (Å²) >= 11 is 0. The summed E-state index contributed by atoms with van der Waals surface area (Å²) in [6, 6.07) is 3.71. The lowest BCUT2D eigenvalue weighted by Crippen LogP contribution is -2.35. The largest absolute Gasteiger partial charge is 0.466 e. The van der Waals surface area contributed by atoms with Crippen molar-refractivity contribution >= 4 is 0 Å². The first-order valence-electron chi connectivity index (χ1n) is 6.14. The molecule has 1 heterocycles. The standard InChI is InChI=1S/C14H20O2/c1-2-10-14(15,13-9-6-11-16-13)12-7-4-3-5-8-12/h2,6,9,11-12,15H,1,3-5,7-8,10H2. The van der Waals surface area contributed by atoms with Crippen molar-refractivity contribution in [3.8, 4) is 0 Å². The number of hydrogen-bond acceptors (Lipinski definition) is 2. The molecule has 0 bridgehead atoms. The van der Waals surface area contributed by atoms with Gasteiger partial charge in [-0.1, -0.05) is 25.3 Å². The molecule has 1 aromatic heterocycles. The minimum absolute atomic E-state index is 0.311. The van der Waals surface area contributed by atoms with Gasteiger partial charge in [0.2, 0.25) is 0 Å². The molecule has 1 atom stereocenters. The van der Waals surface area contributed by atoms with Gasteiger partial charge in [0.1, 0.15) is 11.4 Å². The van der Waals surface area contributed by atoms with E-state index in [0.717, 1.165) is 12.8 Å². The summed E-state index contributed by atoms with van der Waals surface area (Å²) in [5, 5.41) is 10.8. The predicted molar refractivity (Wildman–Crippen MR) is 64.0 cm³/mol. The normalized spacial score (nSPS) is 21.6. The van der Waals surface area contributed by atoms with Gasteiger partial charge in [-0.2, -0.15) is 0 Å². The van der Waals surface area contributed by atoms with E-state index in [-0.39, 0.29) is 0 Å². The summed E-state index contributed by atoms with van der Waals surface area (Å²) in [6.45, 7) is 3.75. The molecule has 1 aromatic rings. The van der Waals surface area contributed by atoms with Crippen LogP contribution in [0.2, 0.25) is 0 Å². The van der Waals surface area contributed by atoms with Crippen LogP contribution < -0.4 is 0 Å². The Morgan fingerprint density at radius 1 is 1.44 bits per heavy atom. The van der Waals surface area contributed by atoms with Crippen molar-refractivity contribution in [1.29, 1.82) is 0 Å². The molecule has 16 heavy (non-hydrogen) atoms. The number of furan rings is 1. The van der Waals surface area contributed by atoms with Gasteiger partial charge in [0.15, 0.2) is 0 Å². The van der Waals surface area contributed by atoms with E-state index in [1.54, 1.807) is 12.3 Å². The van der Waals surface area contributed by atoms with Crippen LogP contribution in [-0.4, -0.2) is 5.11 Å². The maximum absolute atomic E-state index is 10.8. The fourth-order valence-electron chi connectivity index (χ4n) is 2.79. The Bertz CT molecular complexity index is 323. The number of hydrogen-bond donors (Lipinski definition) is 1. The fraction of sp³-hybridized carbons (Fsp3) is 0.571. The zero-order valence-corrected chi connectivity index (χ0v) is 9.69. The van der Waals surface area contributed by atoms with Crippen LogP contribution in [0.1, 0.15) is 44.3 Å². The van der Waals surface area contributed by atoms with Crippen molar-refractivity contribution in [2.45, 2.75) is 44.1 Å². The van der Waals surface area contributed by atoms with Crippen LogP contribution in [0, 0.1) is 5.92 Å². The van der Waals surface area contributed by atoms with Gasteiger partial charge >= 0.3 is 0 Å². The number of rotatable bonds is 4. The molecule has 0 aliphatic heterocycles. The molecule has 0 spiro atoms. The van der Waals surface area contributed by atoms with E-state index in [1.807, 2.05) is 12.1 Å². The third-order valence-electron chi connectivity index (χ3n) is 3.68. The van der Waals surface area contributed by atoms with Crippen molar-refractivity contribution in [2.24, 2.45) is 5.92 Å². The van der Waals surface area contributed by atoms with Gasteiger partial charge in [0.25, 0.3) is 0 Å². The molecule has 1 N–H and O–H groups in total. The Hall–Kier alpha value is -1.02. The van der Waals surface area contributed by atoms with Crippen LogP contribution in [-0.2, 0) is 5.60 Å². The second kappa shape index (κ2) is 4.88. The lowest BCUT2D eigenvalue weighted by molar-refractivity contribution is -0.0532. The summed E-state index contributed by atoms with van der Waals surface area (Å²) in [6.07, 6.45) is 9.89. The smallest absolute Gasteiger partial charge is 0.135 e. The first-order chi connectivity index (χ1) is 7.77. The quantitative estimate of drug-likeness (QED) is 0.786. The highest BCUT2D eigenvalue weighted by atomic mass is 16.4. The highest BCUT2D eigenvalue weighted by Gasteiger charge is 2.40. The van der Waals surface area contributed by atoms with Crippen LogP contribution in [0.3, 0.4) is 0 Å². The summed E-state index contributed by atoms with van der Waals surface area (Å²) < 4.78 is 5.41. The molecule has 0 radical (unpaired) electrons. The zero-order chi connectivity index (χ0) is 11.4. The Morgan fingerprint density at radius 2 is 2.19 bits per heavy atom. The molecule has 1 saturated carbocycles. The first-order valence-corrected chi connectivity index (χ1v) is 6.14. The molecule has 1 fully saturated rings. The van der Waals surface area contributed by atoms with Crippen LogP contribution >= 0.6 is 0 Å². The van der Waals surface area contributed by atoms with E-state index in [4.69, 9.17) is 4.42 Å². The SMILES string of the molecule is C=CCC(O)(c1ccco1)C1CCCCC1. The predicted octanol–water partition coefficient (Wildman–Crippen LogP) is 3.62. The second-order valence-corrected chi connectivity index (χ2v) is 4.73. The molecule has 2 nitrogen and oxygen atoms in total. The van der Waals surface area contributed by atoms with Crippen molar-refractivity contribution in [3.63, 3.8) is 0 Å². The van der Waals surface area contributed by atoms with E-state index < -0.39 is 5.60 Å². The molecule has 1 aliphatic rings. The maximum atomic E-state index is 10.8. The molecule has 2 rings (SSSR count). The molecular formula is C14H20O2. The highest BCUT2D eigenvalue weighted by molar-refractivity contribution is 5.13. The summed E-state index contributed by atoms with van der Waals surface area (Å²) in [4.78, 5) is 0.